The number of carbonyl (C=O) groups is 1. The third kappa shape index (κ3) is 5.07. The van der Waals surface area contributed by atoms with Crippen LogP contribution in [0.1, 0.15) is 39.0 Å². The van der Waals surface area contributed by atoms with Crippen LogP contribution in [0.4, 0.5) is 0 Å². The Labute approximate surface area is 98.8 Å². The molecule has 1 aliphatic rings. The number of hydrogen-bond donors (Lipinski definition) is 1. The van der Waals surface area contributed by atoms with Gasteiger partial charge in [0.05, 0.1) is 12.5 Å². The van der Waals surface area contributed by atoms with Crippen molar-refractivity contribution in [2.24, 2.45) is 0 Å². The van der Waals surface area contributed by atoms with E-state index in [1.54, 1.807) is 6.92 Å². The smallest absolute Gasteiger partial charge is 0.304 e. The summed E-state index contributed by atoms with van der Waals surface area (Å²) in [7, 11) is -1.02. The Hall–Kier alpha value is -0.420. The molecular formula is C11H20O4S. The molecule has 1 fully saturated rings. The van der Waals surface area contributed by atoms with Crippen molar-refractivity contribution in [1.29, 1.82) is 0 Å². The lowest BCUT2D eigenvalue weighted by Crippen LogP contribution is -2.18. The molecule has 1 saturated heterocycles. The first-order valence-electron chi connectivity index (χ1n) is 5.80. The minimum absolute atomic E-state index is 0.00740. The Kier molecular flexibility index (Phi) is 5.98. The van der Waals surface area contributed by atoms with Crippen molar-refractivity contribution in [1.82, 2.24) is 0 Å². The average molecular weight is 248 g/mol. The van der Waals surface area contributed by atoms with Crippen molar-refractivity contribution < 1.29 is 18.8 Å². The molecule has 1 N–H and O–H groups in total. The van der Waals surface area contributed by atoms with Gasteiger partial charge in [0, 0.05) is 28.4 Å². The monoisotopic (exact) mass is 248 g/mol. The van der Waals surface area contributed by atoms with Crippen molar-refractivity contribution >= 4 is 16.8 Å². The molecular weight excluding hydrogens is 228 g/mol. The van der Waals surface area contributed by atoms with E-state index in [1.165, 1.54) is 0 Å². The Morgan fingerprint density at radius 1 is 1.62 bits per heavy atom. The minimum Gasteiger partial charge on any atom is -0.481 e. The molecule has 5 heteroatoms. The topological polar surface area (TPSA) is 63.6 Å². The molecule has 0 aromatic carbocycles. The summed E-state index contributed by atoms with van der Waals surface area (Å²) >= 11 is 0. The molecule has 3 atom stereocenters. The van der Waals surface area contributed by atoms with Crippen LogP contribution in [-0.4, -0.2) is 39.0 Å². The van der Waals surface area contributed by atoms with Gasteiger partial charge >= 0.3 is 5.97 Å². The third-order valence-corrected chi connectivity index (χ3v) is 4.56. The maximum absolute atomic E-state index is 11.7. The quantitative estimate of drug-likeness (QED) is 0.742. The molecule has 0 aromatic rings. The molecule has 0 bridgehead atoms. The van der Waals surface area contributed by atoms with E-state index in [0.29, 0.717) is 11.9 Å². The van der Waals surface area contributed by atoms with Gasteiger partial charge in [0.1, 0.15) is 0 Å². The second kappa shape index (κ2) is 7.01. The third-order valence-electron chi connectivity index (χ3n) is 2.81. The second-order valence-corrected chi connectivity index (χ2v) is 6.25. The fraction of sp³-hybridized carbons (Fsp3) is 0.909. The Morgan fingerprint density at radius 2 is 2.38 bits per heavy atom. The summed E-state index contributed by atoms with van der Waals surface area (Å²) in [6.07, 6.45) is 4.38. The summed E-state index contributed by atoms with van der Waals surface area (Å²) in [5, 5.41) is 8.33. The van der Waals surface area contributed by atoms with Crippen LogP contribution in [0.5, 0.6) is 0 Å². The predicted octanol–water partition coefficient (Wildman–Crippen LogP) is 1.56. The van der Waals surface area contributed by atoms with Gasteiger partial charge in [-0.1, -0.05) is 6.92 Å². The number of ether oxygens (including phenoxy) is 1. The summed E-state index contributed by atoms with van der Waals surface area (Å²) in [4.78, 5) is 10.4. The van der Waals surface area contributed by atoms with Gasteiger partial charge in [0.25, 0.3) is 0 Å². The van der Waals surface area contributed by atoms with E-state index in [-0.39, 0.29) is 11.7 Å². The highest BCUT2D eigenvalue weighted by atomic mass is 32.2. The zero-order valence-electron chi connectivity index (χ0n) is 9.68. The zero-order valence-corrected chi connectivity index (χ0v) is 10.5. The van der Waals surface area contributed by atoms with Gasteiger partial charge < -0.3 is 9.84 Å². The summed E-state index contributed by atoms with van der Waals surface area (Å²) in [5.74, 6) is -0.283. The SMILES string of the molecule is CC(CC(=O)O)S(=O)CCCC1CCCO1. The highest BCUT2D eigenvalue weighted by Gasteiger charge is 2.17. The van der Waals surface area contributed by atoms with E-state index in [2.05, 4.69) is 0 Å². The number of rotatable bonds is 7. The van der Waals surface area contributed by atoms with Crippen molar-refractivity contribution in [2.75, 3.05) is 12.4 Å². The van der Waals surface area contributed by atoms with Gasteiger partial charge in [-0.05, 0) is 25.7 Å². The van der Waals surface area contributed by atoms with Gasteiger partial charge in [0.15, 0.2) is 0 Å². The molecule has 0 radical (unpaired) electrons. The fourth-order valence-corrected chi connectivity index (χ4v) is 3.05. The van der Waals surface area contributed by atoms with Crippen LogP contribution in [0.25, 0.3) is 0 Å². The van der Waals surface area contributed by atoms with Crippen molar-refractivity contribution in [3.05, 3.63) is 0 Å². The normalized spacial score (nSPS) is 24.2. The lowest BCUT2D eigenvalue weighted by Gasteiger charge is -2.11. The van der Waals surface area contributed by atoms with Crippen molar-refractivity contribution in [3.63, 3.8) is 0 Å². The van der Waals surface area contributed by atoms with Crippen LogP contribution >= 0.6 is 0 Å². The van der Waals surface area contributed by atoms with E-state index in [1.807, 2.05) is 0 Å². The molecule has 94 valence electrons. The van der Waals surface area contributed by atoms with Crippen LogP contribution in [0.15, 0.2) is 0 Å². The summed E-state index contributed by atoms with van der Waals surface area (Å²) in [6, 6.07) is 0. The number of aliphatic carboxylic acids is 1. The van der Waals surface area contributed by atoms with E-state index in [0.717, 1.165) is 32.3 Å². The van der Waals surface area contributed by atoms with Gasteiger partial charge in [-0.15, -0.1) is 0 Å². The Morgan fingerprint density at radius 3 is 2.94 bits per heavy atom. The van der Waals surface area contributed by atoms with Crippen molar-refractivity contribution in [3.8, 4) is 0 Å². The maximum atomic E-state index is 11.7. The first-order chi connectivity index (χ1) is 7.59. The Balaban J connectivity index is 2.11. The fourth-order valence-electron chi connectivity index (χ4n) is 1.87. The molecule has 0 spiro atoms. The molecule has 1 aliphatic heterocycles. The molecule has 0 amide bonds. The highest BCUT2D eigenvalue weighted by Crippen LogP contribution is 2.17. The van der Waals surface area contributed by atoms with Crippen LogP contribution < -0.4 is 0 Å². The lowest BCUT2D eigenvalue weighted by atomic mass is 10.1. The van der Waals surface area contributed by atoms with Crippen LogP contribution in [0, 0.1) is 0 Å². The van der Waals surface area contributed by atoms with Crippen LogP contribution in [-0.2, 0) is 20.3 Å². The van der Waals surface area contributed by atoms with E-state index >= 15 is 0 Å². The largest absolute Gasteiger partial charge is 0.481 e. The number of hydrogen-bond acceptors (Lipinski definition) is 3. The maximum Gasteiger partial charge on any atom is 0.304 e. The predicted molar refractivity (Wildman–Crippen MR) is 62.9 cm³/mol. The zero-order chi connectivity index (χ0) is 12.0. The van der Waals surface area contributed by atoms with Gasteiger partial charge in [-0.25, -0.2) is 0 Å². The lowest BCUT2D eigenvalue weighted by molar-refractivity contribution is -0.136. The second-order valence-electron chi connectivity index (χ2n) is 4.27. The first-order valence-corrected chi connectivity index (χ1v) is 7.18. The summed E-state index contributed by atoms with van der Waals surface area (Å²) in [5.41, 5.74) is 0. The van der Waals surface area contributed by atoms with E-state index in [9.17, 15) is 9.00 Å². The summed E-state index contributed by atoms with van der Waals surface area (Å²) in [6.45, 7) is 2.58. The minimum atomic E-state index is -1.02. The molecule has 3 unspecified atom stereocenters. The highest BCUT2D eigenvalue weighted by molar-refractivity contribution is 7.85. The molecule has 0 aliphatic carbocycles. The molecule has 0 saturated carbocycles. The molecule has 1 rings (SSSR count). The average Bonchev–Trinajstić information content (AvgIpc) is 2.69. The van der Waals surface area contributed by atoms with Crippen LogP contribution in [0.3, 0.4) is 0 Å². The molecule has 16 heavy (non-hydrogen) atoms. The van der Waals surface area contributed by atoms with E-state index < -0.39 is 16.8 Å². The molecule has 0 aromatic heterocycles. The Bertz CT molecular complexity index is 248. The molecule has 4 nitrogen and oxygen atoms in total. The van der Waals surface area contributed by atoms with E-state index in [4.69, 9.17) is 9.84 Å². The first kappa shape index (κ1) is 13.6. The van der Waals surface area contributed by atoms with Gasteiger partial charge in [0.2, 0.25) is 0 Å². The van der Waals surface area contributed by atoms with Gasteiger partial charge in [-0.3, -0.25) is 9.00 Å². The number of carboxylic acid groups (broad SMARTS) is 1. The van der Waals surface area contributed by atoms with Gasteiger partial charge in [-0.2, -0.15) is 0 Å². The molecule has 1 heterocycles. The number of carboxylic acids is 1. The summed E-state index contributed by atoms with van der Waals surface area (Å²) < 4.78 is 17.1. The van der Waals surface area contributed by atoms with Crippen LogP contribution in [0.2, 0.25) is 0 Å². The standard InChI is InChI=1S/C11H20O4S/c1-9(8-11(12)13)16(14)7-3-5-10-4-2-6-15-10/h9-10H,2-8H2,1H3,(H,12,13). The van der Waals surface area contributed by atoms with Crippen molar-refractivity contribution in [2.45, 2.75) is 50.4 Å².